The highest BCUT2D eigenvalue weighted by Crippen LogP contribution is 2.32. The Balaban J connectivity index is 2.20. The van der Waals surface area contributed by atoms with Crippen molar-refractivity contribution in [3.05, 3.63) is 70.6 Å². The van der Waals surface area contributed by atoms with Crippen molar-refractivity contribution in [3.63, 3.8) is 0 Å². The fourth-order valence-corrected chi connectivity index (χ4v) is 3.02. The zero-order valence-corrected chi connectivity index (χ0v) is 11.2. The summed E-state index contributed by atoms with van der Waals surface area (Å²) in [7, 11) is 0. The van der Waals surface area contributed by atoms with Gasteiger partial charge in [0.15, 0.2) is 0 Å². The van der Waals surface area contributed by atoms with E-state index in [0.29, 0.717) is 0 Å². The van der Waals surface area contributed by atoms with E-state index in [1.807, 2.05) is 0 Å². The van der Waals surface area contributed by atoms with Crippen molar-refractivity contribution in [2.24, 2.45) is 5.41 Å². The molecule has 0 spiro atoms. The lowest BCUT2D eigenvalue weighted by Gasteiger charge is -2.21. The number of benzene rings is 2. The van der Waals surface area contributed by atoms with Crippen LogP contribution in [0.25, 0.3) is 22.4 Å². The van der Waals surface area contributed by atoms with Crippen molar-refractivity contribution in [1.29, 1.82) is 0 Å². The van der Waals surface area contributed by atoms with Gasteiger partial charge in [0, 0.05) is 5.41 Å². The quantitative estimate of drug-likeness (QED) is 0.666. The highest BCUT2D eigenvalue weighted by molar-refractivity contribution is 5.96. The molecule has 2 aromatic carbocycles. The zero-order chi connectivity index (χ0) is 13.0. The average Bonchev–Trinajstić information content (AvgIpc) is 2.74. The molecule has 0 saturated heterocycles. The minimum atomic E-state index is 0.129. The van der Waals surface area contributed by atoms with E-state index in [4.69, 9.17) is 0 Å². The Hall–Kier alpha value is -2.08. The summed E-state index contributed by atoms with van der Waals surface area (Å²) in [5.74, 6) is 0. The molecule has 2 aliphatic rings. The monoisotopic (exact) mass is 243 g/mol. The summed E-state index contributed by atoms with van der Waals surface area (Å²) in [6.45, 7) is 4.46. The van der Waals surface area contributed by atoms with E-state index in [1.54, 1.807) is 0 Å². The van der Waals surface area contributed by atoms with Crippen LogP contribution < -0.4 is 10.4 Å². The van der Waals surface area contributed by atoms with Gasteiger partial charge in [-0.25, -0.2) is 0 Å². The van der Waals surface area contributed by atoms with Crippen LogP contribution in [0, 0.1) is 5.41 Å². The smallest absolute Gasteiger partial charge is 0.00172 e. The predicted octanol–water partition coefficient (Wildman–Crippen LogP) is 3.18. The third kappa shape index (κ3) is 1.53. The first kappa shape index (κ1) is 10.8. The number of fused-ring (bicyclic) bond motifs is 4. The molecule has 2 aliphatic carbocycles. The maximum absolute atomic E-state index is 3.56. The van der Waals surface area contributed by atoms with E-state index in [9.17, 15) is 0 Å². The van der Waals surface area contributed by atoms with E-state index >= 15 is 0 Å². The van der Waals surface area contributed by atoms with E-state index < -0.39 is 0 Å². The third-order valence-electron chi connectivity index (χ3n) is 3.95. The Kier molecular flexibility index (Phi) is 1.98. The topological polar surface area (TPSA) is 0 Å². The SMILES string of the molecule is CC1(C)C=CC2=c3c(ccc4ccccc34)=[C]C2=C1. The molecule has 0 N–H and O–H groups in total. The van der Waals surface area contributed by atoms with Crippen LogP contribution in [0.5, 0.6) is 0 Å². The van der Waals surface area contributed by atoms with Gasteiger partial charge in [-0.3, -0.25) is 0 Å². The molecule has 91 valence electrons. The first-order valence-electron chi connectivity index (χ1n) is 6.73. The molecule has 0 fully saturated rings. The molecule has 2 aromatic rings. The Morgan fingerprint density at radius 3 is 2.74 bits per heavy atom. The molecule has 0 unspecified atom stereocenters. The van der Waals surface area contributed by atoms with E-state index in [0.717, 1.165) is 0 Å². The minimum Gasteiger partial charge on any atom is -0.0744 e. The molecule has 0 aliphatic heterocycles. The van der Waals surface area contributed by atoms with Gasteiger partial charge >= 0.3 is 0 Å². The van der Waals surface area contributed by atoms with Gasteiger partial charge in [0.2, 0.25) is 0 Å². The van der Waals surface area contributed by atoms with Gasteiger partial charge in [-0.1, -0.05) is 68.5 Å². The first-order chi connectivity index (χ1) is 9.14. The Morgan fingerprint density at radius 1 is 1.00 bits per heavy atom. The van der Waals surface area contributed by atoms with Gasteiger partial charge in [-0.05, 0) is 38.4 Å². The molecule has 0 aromatic heterocycles. The van der Waals surface area contributed by atoms with Crippen LogP contribution in [-0.2, 0) is 0 Å². The average molecular weight is 243 g/mol. The van der Waals surface area contributed by atoms with Crippen molar-refractivity contribution in [3.8, 4) is 0 Å². The summed E-state index contributed by atoms with van der Waals surface area (Å²) in [5, 5.41) is 5.20. The molecule has 0 nitrogen and oxygen atoms in total. The molecular weight excluding hydrogens is 228 g/mol. The summed E-state index contributed by atoms with van der Waals surface area (Å²) >= 11 is 0. The fraction of sp³-hybridized carbons (Fsp3) is 0.158. The zero-order valence-electron chi connectivity index (χ0n) is 11.2. The highest BCUT2D eigenvalue weighted by Gasteiger charge is 2.21. The molecule has 4 rings (SSSR count). The van der Waals surface area contributed by atoms with Gasteiger partial charge in [-0.2, -0.15) is 0 Å². The van der Waals surface area contributed by atoms with Crippen molar-refractivity contribution < 1.29 is 0 Å². The molecule has 0 heteroatoms. The van der Waals surface area contributed by atoms with Crippen LogP contribution in [0.1, 0.15) is 13.8 Å². The van der Waals surface area contributed by atoms with E-state index in [2.05, 4.69) is 74.5 Å². The predicted molar refractivity (Wildman–Crippen MR) is 81.0 cm³/mol. The summed E-state index contributed by atoms with van der Waals surface area (Å²) in [4.78, 5) is 0. The second-order valence-corrected chi connectivity index (χ2v) is 5.96. The van der Waals surface area contributed by atoms with Crippen LogP contribution >= 0.6 is 0 Å². The third-order valence-corrected chi connectivity index (χ3v) is 3.95. The van der Waals surface area contributed by atoms with Crippen molar-refractivity contribution in [1.82, 2.24) is 0 Å². The largest absolute Gasteiger partial charge is 0.0744 e. The molecule has 0 amide bonds. The molecule has 1 radical (unpaired) electrons. The van der Waals surface area contributed by atoms with Crippen molar-refractivity contribution in [2.75, 3.05) is 0 Å². The molecule has 0 bridgehead atoms. The van der Waals surface area contributed by atoms with Crippen LogP contribution in [-0.4, -0.2) is 0 Å². The van der Waals surface area contributed by atoms with Crippen molar-refractivity contribution >= 4 is 22.4 Å². The van der Waals surface area contributed by atoms with Gasteiger partial charge < -0.3 is 0 Å². The lowest BCUT2D eigenvalue weighted by Crippen LogP contribution is -2.23. The maximum atomic E-state index is 3.56. The number of allylic oxidation sites excluding steroid dienone is 4. The fourth-order valence-electron chi connectivity index (χ4n) is 3.02. The van der Waals surface area contributed by atoms with E-state index in [-0.39, 0.29) is 5.41 Å². The summed E-state index contributed by atoms with van der Waals surface area (Å²) in [6.07, 6.45) is 10.4. The Morgan fingerprint density at radius 2 is 1.84 bits per heavy atom. The number of rotatable bonds is 0. The van der Waals surface area contributed by atoms with Gasteiger partial charge in [0.1, 0.15) is 0 Å². The van der Waals surface area contributed by atoms with Gasteiger partial charge in [-0.15, -0.1) is 0 Å². The summed E-state index contributed by atoms with van der Waals surface area (Å²) in [6, 6.07) is 13.0. The van der Waals surface area contributed by atoms with E-state index in [1.165, 1.54) is 32.4 Å². The van der Waals surface area contributed by atoms with Crippen LogP contribution in [0.15, 0.2) is 60.2 Å². The molecular formula is C19H15. The van der Waals surface area contributed by atoms with Crippen LogP contribution in [0.2, 0.25) is 0 Å². The highest BCUT2D eigenvalue weighted by atomic mass is 14.2. The summed E-state index contributed by atoms with van der Waals surface area (Å²) in [5.41, 5.74) is 2.70. The van der Waals surface area contributed by atoms with Crippen molar-refractivity contribution in [2.45, 2.75) is 13.8 Å². The first-order valence-corrected chi connectivity index (χ1v) is 6.73. The maximum Gasteiger partial charge on any atom is 0.00172 e. The molecule has 0 saturated carbocycles. The Bertz CT molecular complexity index is 874. The molecule has 0 atom stereocenters. The lowest BCUT2D eigenvalue weighted by atomic mass is 9.84. The molecule has 19 heavy (non-hydrogen) atoms. The number of hydrogen-bond acceptors (Lipinski definition) is 0. The standard InChI is InChI=1S/C19H15/c1-19(2)10-9-17-15(12-19)11-14-8-7-13-5-3-4-6-16(13)18(14)17/h3-10,12H,1-2H3. The van der Waals surface area contributed by atoms with Crippen LogP contribution in [0.4, 0.5) is 0 Å². The van der Waals surface area contributed by atoms with Gasteiger partial charge in [0.05, 0.1) is 0 Å². The normalized spacial score (nSPS) is 18.8. The lowest BCUT2D eigenvalue weighted by molar-refractivity contribution is 0.621. The van der Waals surface area contributed by atoms with Crippen LogP contribution in [0.3, 0.4) is 0 Å². The second-order valence-electron chi connectivity index (χ2n) is 5.96. The summed E-state index contributed by atoms with van der Waals surface area (Å²) < 4.78 is 0. The molecule has 0 heterocycles. The van der Waals surface area contributed by atoms with Gasteiger partial charge in [0.25, 0.3) is 0 Å². The minimum absolute atomic E-state index is 0.129. The Labute approximate surface area is 113 Å². The number of hydrogen-bond donors (Lipinski definition) is 0. The second kappa shape index (κ2) is 3.48.